The van der Waals surface area contributed by atoms with Gasteiger partial charge in [0.1, 0.15) is 0 Å². The van der Waals surface area contributed by atoms with Crippen LogP contribution >= 0.6 is 0 Å². The first kappa shape index (κ1) is 22.2. The summed E-state index contributed by atoms with van der Waals surface area (Å²) in [5.41, 5.74) is 1.77. The highest BCUT2D eigenvalue weighted by Gasteiger charge is 2.20. The van der Waals surface area contributed by atoms with Crippen LogP contribution in [0.2, 0.25) is 0 Å². The molecule has 0 atom stereocenters. The monoisotopic (exact) mass is 482 g/mol. The van der Waals surface area contributed by atoms with Crippen molar-refractivity contribution >= 4 is 28.6 Å². The van der Waals surface area contributed by atoms with E-state index in [1.807, 2.05) is 6.07 Å². The molecule has 5 rings (SSSR count). The average molecular weight is 482 g/mol. The maximum absolute atomic E-state index is 12.6. The third-order valence-electron chi connectivity index (χ3n) is 5.21. The van der Waals surface area contributed by atoms with Crippen LogP contribution in [0.25, 0.3) is 28.3 Å². The van der Waals surface area contributed by atoms with Crippen molar-refractivity contribution in [3.05, 3.63) is 105 Å². The zero-order chi connectivity index (χ0) is 25.2. The third-order valence-corrected chi connectivity index (χ3v) is 5.21. The molecule has 1 amide bonds. The summed E-state index contributed by atoms with van der Waals surface area (Å²) in [7, 11) is 0. The van der Waals surface area contributed by atoms with Crippen LogP contribution in [0.3, 0.4) is 0 Å². The second-order valence-corrected chi connectivity index (χ2v) is 7.54. The number of pyridine rings is 1. The van der Waals surface area contributed by atoms with Gasteiger partial charge in [-0.25, -0.2) is 0 Å². The average Bonchev–Trinajstić information content (AvgIpc) is 3.32. The Labute approximate surface area is 201 Å². The molecule has 0 aliphatic heterocycles. The number of aromatic nitrogens is 5. The van der Waals surface area contributed by atoms with Gasteiger partial charge in [0.2, 0.25) is 0 Å². The van der Waals surface area contributed by atoms with Crippen LogP contribution in [-0.4, -0.2) is 40.5 Å². The minimum atomic E-state index is -0.794. The molecule has 13 heteroatoms. The van der Waals surface area contributed by atoms with Crippen LogP contribution in [0.1, 0.15) is 10.4 Å². The fourth-order valence-corrected chi connectivity index (χ4v) is 3.48. The van der Waals surface area contributed by atoms with Gasteiger partial charge in [-0.3, -0.25) is 30.0 Å². The van der Waals surface area contributed by atoms with Gasteiger partial charge in [0.25, 0.3) is 17.3 Å². The number of non-ortho nitro benzene ring substituents is 2. The minimum absolute atomic E-state index is 0.206. The van der Waals surface area contributed by atoms with Crippen molar-refractivity contribution in [1.29, 1.82) is 0 Å². The summed E-state index contributed by atoms with van der Waals surface area (Å²) in [6.45, 7) is 0. The molecular formula is C23H14N8O5. The molecule has 176 valence electrons. The Morgan fingerprint density at radius 3 is 2.22 bits per heavy atom. The fraction of sp³-hybridized carbons (Fsp3) is 0. The SMILES string of the molecule is O=C(Nc1ccc(-c2ccc3nnc(-c4cccnc4)n3n2)cc1)c1cc([N+](=O)[O-])cc([N+](=O)[O-])c1. The van der Waals surface area contributed by atoms with Crippen molar-refractivity contribution in [1.82, 2.24) is 24.8 Å². The molecule has 0 bridgehead atoms. The Hall–Kier alpha value is -5.59. The van der Waals surface area contributed by atoms with E-state index in [0.29, 0.717) is 22.9 Å². The first-order valence-electron chi connectivity index (χ1n) is 10.4. The highest BCUT2D eigenvalue weighted by atomic mass is 16.6. The molecular weight excluding hydrogens is 468 g/mol. The Morgan fingerprint density at radius 2 is 1.58 bits per heavy atom. The molecule has 0 aliphatic carbocycles. The first-order valence-corrected chi connectivity index (χ1v) is 10.4. The lowest BCUT2D eigenvalue weighted by Gasteiger charge is -2.07. The van der Waals surface area contributed by atoms with Gasteiger partial charge >= 0.3 is 0 Å². The molecule has 0 saturated heterocycles. The molecule has 13 nitrogen and oxygen atoms in total. The van der Waals surface area contributed by atoms with Crippen molar-refractivity contribution in [2.45, 2.75) is 0 Å². The largest absolute Gasteiger partial charge is 0.322 e. The van der Waals surface area contributed by atoms with Gasteiger partial charge in [0, 0.05) is 41.3 Å². The summed E-state index contributed by atoms with van der Waals surface area (Å²) in [6.07, 6.45) is 3.32. The molecule has 0 fully saturated rings. The molecule has 2 aromatic carbocycles. The van der Waals surface area contributed by atoms with E-state index in [4.69, 9.17) is 0 Å². The van der Waals surface area contributed by atoms with Crippen molar-refractivity contribution < 1.29 is 14.6 Å². The maximum Gasteiger partial charge on any atom is 0.277 e. The Morgan fingerprint density at radius 1 is 0.861 bits per heavy atom. The van der Waals surface area contributed by atoms with Gasteiger partial charge in [-0.05, 0) is 36.4 Å². The molecule has 0 saturated carbocycles. The highest BCUT2D eigenvalue weighted by Crippen LogP contribution is 2.25. The van der Waals surface area contributed by atoms with Gasteiger partial charge < -0.3 is 5.32 Å². The number of carbonyl (C=O) groups is 1. The molecule has 5 aromatic rings. The number of nitro benzene ring substituents is 2. The summed E-state index contributed by atoms with van der Waals surface area (Å²) < 4.78 is 1.61. The molecule has 3 aromatic heterocycles. The number of nitro groups is 2. The topological polar surface area (TPSA) is 171 Å². The Bertz CT molecular complexity index is 1600. The van der Waals surface area contributed by atoms with E-state index in [1.165, 1.54) is 0 Å². The molecule has 0 spiro atoms. The zero-order valence-electron chi connectivity index (χ0n) is 18.2. The number of carbonyl (C=O) groups excluding carboxylic acids is 1. The van der Waals surface area contributed by atoms with Gasteiger partial charge in [0.15, 0.2) is 11.5 Å². The number of amides is 1. The Balaban J connectivity index is 1.40. The Kier molecular flexibility index (Phi) is 5.54. The van der Waals surface area contributed by atoms with Crippen LogP contribution in [0.15, 0.2) is 79.1 Å². The van der Waals surface area contributed by atoms with Crippen LogP contribution in [-0.2, 0) is 0 Å². The second-order valence-electron chi connectivity index (χ2n) is 7.54. The number of nitrogens with one attached hydrogen (secondary N) is 1. The molecule has 0 radical (unpaired) electrons. The number of hydrogen-bond donors (Lipinski definition) is 1. The van der Waals surface area contributed by atoms with Crippen LogP contribution in [0.5, 0.6) is 0 Å². The minimum Gasteiger partial charge on any atom is -0.322 e. The predicted octanol–water partition coefficient (Wildman–Crippen LogP) is 3.92. The fourth-order valence-electron chi connectivity index (χ4n) is 3.48. The van der Waals surface area contributed by atoms with E-state index >= 15 is 0 Å². The van der Waals surface area contributed by atoms with Gasteiger partial charge in [-0.1, -0.05) is 12.1 Å². The normalized spacial score (nSPS) is 10.8. The van der Waals surface area contributed by atoms with Gasteiger partial charge in [0.05, 0.1) is 27.2 Å². The quantitative estimate of drug-likeness (QED) is 0.278. The van der Waals surface area contributed by atoms with Crippen molar-refractivity contribution in [2.24, 2.45) is 0 Å². The summed E-state index contributed by atoms with van der Waals surface area (Å²) in [5, 5.41) is 37.7. The van der Waals surface area contributed by atoms with Gasteiger partial charge in [-0.15, -0.1) is 10.2 Å². The lowest BCUT2D eigenvalue weighted by atomic mass is 10.1. The molecule has 0 aliphatic rings. The van der Waals surface area contributed by atoms with E-state index in [-0.39, 0.29) is 5.56 Å². The number of hydrogen-bond acceptors (Lipinski definition) is 9. The summed E-state index contributed by atoms with van der Waals surface area (Å²) in [4.78, 5) is 37.3. The number of anilines is 1. The van der Waals surface area contributed by atoms with E-state index < -0.39 is 27.1 Å². The van der Waals surface area contributed by atoms with Gasteiger partial charge in [-0.2, -0.15) is 9.61 Å². The predicted molar refractivity (Wildman–Crippen MR) is 127 cm³/mol. The summed E-state index contributed by atoms with van der Waals surface area (Å²) in [5.74, 6) is -0.186. The lowest BCUT2D eigenvalue weighted by molar-refractivity contribution is -0.394. The number of fused-ring (bicyclic) bond motifs is 1. The molecule has 0 unspecified atom stereocenters. The molecule has 1 N–H and O–H groups in total. The maximum atomic E-state index is 12.6. The van der Waals surface area contributed by atoms with Crippen molar-refractivity contribution in [2.75, 3.05) is 5.32 Å². The van der Waals surface area contributed by atoms with Crippen LogP contribution in [0.4, 0.5) is 17.1 Å². The number of nitrogens with zero attached hydrogens (tertiary/aromatic N) is 7. The lowest BCUT2D eigenvalue weighted by Crippen LogP contribution is -2.12. The molecule has 36 heavy (non-hydrogen) atoms. The first-order chi connectivity index (χ1) is 17.4. The highest BCUT2D eigenvalue weighted by molar-refractivity contribution is 6.05. The number of benzene rings is 2. The smallest absolute Gasteiger partial charge is 0.277 e. The van der Waals surface area contributed by atoms with E-state index in [0.717, 1.165) is 29.3 Å². The van der Waals surface area contributed by atoms with Crippen molar-refractivity contribution in [3.8, 4) is 22.6 Å². The third kappa shape index (κ3) is 4.31. The summed E-state index contributed by atoms with van der Waals surface area (Å²) in [6, 6.07) is 16.7. The van der Waals surface area contributed by atoms with Crippen molar-refractivity contribution in [3.63, 3.8) is 0 Å². The second kappa shape index (κ2) is 8.98. The molecule has 3 heterocycles. The number of rotatable bonds is 6. The van der Waals surface area contributed by atoms with E-state index in [2.05, 4.69) is 25.6 Å². The van der Waals surface area contributed by atoms with E-state index in [1.54, 1.807) is 59.4 Å². The standard InChI is InChI=1S/C23H14N8O5/c32-23(16-10-18(30(33)34)12-19(11-16)31(35)36)25-17-5-3-14(4-6-17)20-7-8-21-26-27-22(29(21)28-20)15-2-1-9-24-13-15/h1-13H,(H,25,32). The van der Waals surface area contributed by atoms with E-state index in [9.17, 15) is 25.0 Å². The summed E-state index contributed by atoms with van der Waals surface area (Å²) >= 11 is 0. The zero-order valence-corrected chi connectivity index (χ0v) is 18.2. The van der Waals surface area contributed by atoms with Crippen LogP contribution < -0.4 is 5.32 Å². The van der Waals surface area contributed by atoms with Crippen LogP contribution in [0, 0.1) is 20.2 Å².